The van der Waals surface area contributed by atoms with Gasteiger partial charge in [-0.3, -0.25) is 9.67 Å². The van der Waals surface area contributed by atoms with E-state index < -0.39 is 10.2 Å². The van der Waals surface area contributed by atoms with Gasteiger partial charge in [0.2, 0.25) is 0 Å². The summed E-state index contributed by atoms with van der Waals surface area (Å²) in [6.45, 7) is 5.12. The molecule has 8 nitrogen and oxygen atoms in total. The fourth-order valence-electron chi connectivity index (χ4n) is 3.25. The first-order valence-electron chi connectivity index (χ1n) is 8.84. The second-order valence-corrected chi connectivity index (χ2v) is 9.21. The molecule has 9 heteroatoms. The molecule has 3 heterocycles. The fourth-order valence-corrected chi connectivity index (χ4v) is 4.44. The van der Waals surface area contributed by atoms with E-state index >= 15 is 0 Å². The van der Waals surface area contributed by atoms with Crippen LogP contribution in [0.15, 0.2) is 24.7 Å². The zero-order chi connectivity index (χ0) is 18.9. The molecule has 0 aromatic carbocycles. The van der Waals surface area contributed by atoms with Crippen LogP contribution in [0, 0.1) is 0 Å². The van der Waals surface area contributed by atoms with Crippen molar-refractivity contribution in [2.24, 2.45) is 0 Å². The van der Waals surface area contributed by atoms with Gasteiger partial charge >= 0.3 is 0 Å². The van der Waals surface area contributed by atoms with Crippen molar-refractivity contribution in [1.29, 1.82) is 0 Å². The minimum Gasteiger partial charge on any atom is -0.261 e. The lowest BCUT2D eigenvalue weighted by molar-refractivity contribution is 0.296. The molecule has 1 aliphatic rings. The lowest BCUT2D eigenvalue weighted by atomic mass is 9.96. The Bertz CT molecular complexity index is 862. The van der Waals surface area contributed by atoms with E-state index in [9.17, 15) is 8.42 Å². The van der Waals surface area contributed by atoms with Gasteiger partial charge in [0, 0.05) is 51.5 Å². The van der Waals surface area contributed by atoms with Crippen LogP contribution in [0.1, 0.15) is 44.3 Å². The monoisotopic (exact) mass is 378 g/mol. The topological polar surface area (TPSA) is 84.2 Å². The van der Waals surface area contributed by atoms with Crippen LogP contribution < -0.4 is 0 Å². The summed E-state index contributed by atoms with van der Waals surface area (Å²) >= 11 is 0. The summed E-state index contributed by atoms with van der Waals surface area (Å²) in [5, 5.41) is 4.35. The quantitative estimate of drug-likeness (QED) is 0.793. The molecule has 1 saturated heterocycles. The van der Waals surface area contributed by atoms with Crippen LogP contribution in [0.25, 0.3) is 11.4 Å². The standard InChI is InChI=1S/C17H26N6O2S/c1-13(2)23-17(7-8-19-23)16-11-18-10-15(20-16)14-6-5-9-22(12-14)26(24,25)21(3)4/h7-8,10-11,13-14H,5-6,9,12H2,1-4H3/t14-/m0/s1. The van der Waals surface area contributed by atoms with E-state index in [0.29, 0.717) is 13.1 Å². The number of hydrogen-bond donors (Lipinski definition) is 0. The smallest absolute Gasteiger partial charge is 0.261 e. The van der Waals surface area contributed by atoms with E-state index in [4.69, 9.17) is 4.98 Å². The number of nitrogens with zero attached hydrogens (tertiary/aromatic N) is 6. The zero-order valence-electron chi connectivity index (χ0n) is 15.7. The van der Waals surface area contributed by atoms with Gasteiger partial charge in [-0.15, -0.1) is 0 Å². The molecule has 0 spiro atoms. The van der Waals surface area contributed by atoms with Gasteiger partial charge in [-0.1, -0.05) is 0 Å². The van der Waals surface area contributed by atoms with Crippen molar-refractivity contribution in [2.75, 3.05) is 27.2 Å². The first-order chi connectivity index (χ1) is 12.3. The molecule has 2 aromatic heterocycles. The molecule has 1 fully saturated rings. The number of hydrogen-bond acceptors (Lipinski definition) is 5. The SMILES string of the molecule is CC(C)n1nccc1-c1cncc([C@H]2CCCN(S(=O)(=O)N(C)C)C2)n1. The van der Waals surface area contributed by atoms with Gasteiger partial charge in [-0.2, -0.15) is 22.1 Å². The Morgan fingerprint density at radius 1 is 1.27 bits per heavy atom. The third kappa shape index (κ3) is 3.65. The second-order valence-electron chi connectivity index (χ2n) is 7.07. The molecule has 1 aliphatic heterocycles. The molecule has 0 saturated carbocycles. The van der Waals surface area contributed by atoms with E-state index in [1.54, 1.807) is 32.7 Å². The summed E-state index contributed by atoms with van der Waals surface area (Å²) in [7, 11) is -0.284. The van der Waals surface area contributed by atoms with Crippen molar-refractivity contribution in [3.05, 3.63) is 30.4 Å². The van der Waals surface area contributed by atoms with E-state index in [2.05, 4.69) is 23.9 Å². The summed E-state index contributed by atoms with van der Waals surface area (Å²) < 4.78 is 29.6. The number of aromatic nitrogens is 4. The third-order valence-electron chi connectivity index (χ3n) is 4.67. The van der Waals surface area contributed by atoms with Gasteiger partial charge in [0.05, 0.1) is 17.6 Å². The maximum absolute atomic E-state index is 12.4. The molecule has 0 aliphatic carbocycles. The first-order valence-corrected chi connectivity index (χ1v) is 10.2. The van der Waals surface area contributed by atoms with Gasteiger partial charge in [-0.05, 0) is 32.8 Å². The molecule has 0 bridgehead atoms. The van der Waals surface area contributed by atoms with Crippen molar-refractivity contribution in [3.63, 3.8) is 0 Å². The summed E-state index contributed by atoms with van der Waals surface area (Å²) in [5.41, 5.74) is 2.52. The van der Waals surface area contributed by atoms with Crippen LogP contribution in [0.5, 0.6) is 0 Å². The van der Waals surface area contributed by atoms with Crippen LogP contribution in [-0.4, -0.2) is 64.0 Å². The third-order valence-corrected chi connectivity index (χ3v) is 6.57. The Kier molecular flexibility index (Phi) is 5.40. The van der Waals surface area contributed by atoms with E-state index in [-0.39, 0.29) is 12.0 Å². The van der Waals surface area contributed by atoms with Crippen LogP contribution >= 0.6 is 0 Å². The van der Waals surface area contributed by atoms with Crippen molar-refractivity contribution >= 4 is 10.2 Å². The molecule has 26 heavy (non-hydrogen) atoms. The molecule has 0 N–H and O–H groups in total. The highest BCUT2D eigenvalue weighted by molar-refractivity contribution is 7.86. The van der Waals surface area contributed by atoms with Gasteiger partial charge in [0.1, 0.15) is 5.69 Å². The molecule has 0 unspecified atom stereocenters. The van der Waals surface area contributed by atoms with Crippen LogP contribution in [0.2, 0.25) is 0 Å². The highest BCUT2D eigenvalue weighted by Gasteiger charge is 2.31. The molecule has 0 amide bonds. The maximum atomic E-state index is 12.4. The van der Waals surface area contributed by atoms with Gasteiger partial charge < -0.3 is 0 Å². The maximum Gasteiger partial charge on any atom is 0.281 e. The average molecular weight is 379 g/mol. The number of rotatable bonds is 5. The first kappa shape index (κ1) is 18.9. The highest BCUT2D eigenvalue weighted by atomic mass is 32.2. The highest BCUT2D eigenvalue weighted by Crippen LogP contribution is 2.29. The van der Waals surface area contributed by atoms with Gasteiger partial charge in [0.15, 0.2) is 0 Å². The minimum absolute atomic E-state index is 0.0429. The normalized spacial score (nSPS) is 19.4. The molecule has 2 aromatic rings. The average Bonchev–Trinajstić information content (AvgIpc) is 3.12. The molecule has 1 atom stereocenters. The Hall–Kier alpha value is -1.84. The van der Waals surface area contributed by atoms with E-state index in [0.717, 1.165) is 29.9 Å². The summed E-state index contributed by atoms with van der Waals surface area (Å²) in [6, 6.07) is 2.15. The molecular weight excluding hydrogens is 352 g/mol. The van der Waals surface area contributed by atoms with E-state index in [1.165, 1.54) is 8.61 Å². The molecule has 142 valence electrons. The van der Waals surface area contributed by atoms with E-state index in [1.807, 2.05) is 10.7 Å². The Morgan fingerprint density at radius 2 is 2.04 bits per heavy atom. The number of piperidine rings is 1. The molecular formula is C17H26N6O2S. The minimum atomic E-state index is -3.41. The van der Waals surface area contributed by atoms with Gasteiger partial charge in [-0.25, -0.2) is 4.98 Å². The summed E-state index contributed by atoms with van der Waals surface area (Å²) in [5.74, 6) is 0.0429. The molecule has 3 rings (SSSR count). The van der Waals surface area contributed by atoms with Crippen LogP contribution in [0.4, 0.5) is 0 Å². The lowest BCUT2D eigenvalue weighted by Gasteiger charge is -2.33. The molecule has 0 radical (unpaired) electrons. The van der Waals surface area contributed by atoms with Gasteiger partial charge in [0.25, 0.3) is 10.2 Å². The summed E-state index contributed by atoms with van der Waals surface area (Å²) in [6.07, 6.45) is 6.96. The van der Waals surface area contributed by atoms with Crippen LogP contribution in [-0.2, 0) is 10.2 Å². The van der Waals surface area contributed by atoms with Crippen molar-refractivity contribution < 1.29 is 8.42 Å². The Balaban J connectivity index is 1.87. The van der Waals surface area contributed by atoms with Crippen molar-refractivity contribution in [1.82, 2.24) is 28.4 Å². The lowest BCUT2D eigenvalue weighted by Crippen LogP contribution is -2.45. The Labute approximate surface area is 155 Å². The predicted molar refractivity (Wildman–Crippen MR) is 99.8 cm³/mol. The summed E-state index contributed by atoms with van der Waals surface area (Å²) in [4.78, 5) is 9.14. The van der Waals surface area contributed by atoms with Crippen molar-refractivity contribution in [2.45, 2.75) is 38.6 Å². The largest absolute Gasteiger partial charge is 0.281 e. The second kappa shape index (κ2) is 7.42. The van der Waals surface area contributed by atoms with Crippen LogP contribution in [0.3, 0.4) is 0 Å². The zero-order valence-corrected chi connectivity index (χ0v) is 16.5. The predicted octanol–water partition coefficient (Wildman–Crippen LogP) is 1.91. The van der Waals surface area contributed by atoms with Crippen molar-refractivity contribution in [3.8, 4) is 11.4 Å². The Morgan fingerprint density at radius 3 is 2.73 bits per heavy atom. The fraction of sp³-hybridized carbons (Fsp3) is 0.588.